The van der Waals surface area contributed by atoms with Gasteiger partial charge in [0, 0.05) is 12.1 Å². The Morgan fingerprint density at radius 1 is 1.08 bits per heavy atom. The molecule has 1 unspecified atom stereocenters. The Hall–Kier alpha value is -3.22. The van der Waals surface area contributed by atoms with Gasteiger partial charge in [0.25, 0.3) is 5.91 Å². The van der Waals surface area contributed by atoms with Crippen molar-refractivity contribution in [2.75, 3.05) is 5.32 Å². The van der Waals surface area contributed by atoms with Crippen molar-refractivity contribution in [1.29, 1.82) is 0 Å². The molecule has 0 saturated carbocycles. The molecule has 3 rings (SSSR count). The molecule has 0 bridgehead atoms. The molecular formula is C18H16FN3O3. The van der Waals surface area contributed by atoms with Crippen LogP contribution in [0.5, 0.6) is 0 Å². The summed E-state index contributed by atoms with van der Waals surface area (Å²) < 4.78 is 13.2. The van der Waals surface area contributed by atoms with Gasteiger partial charge in [0.15, 0.2) is 0 Å². The predicted molar refractivity (Wildman–Crippen MR) is 89.1 cm³/mol. The van der Waals surface area contributed by atoms with Crippen LogP contribution in [0.4, 0.5) is 14.9 Å². The molecule has 1 fully saturated rings. The number of anilines is 1. The standard InChI is InChI=1S/C18H16FN3O3/c19-13-7-4-8-14(11-13)20-15(23)9-10-18(12-5-2-1-3-6-12)16(24)21-17(25)22-18/h1-8,11H,9-10H2,(H,20,23)(H2,21,22,24,25). The number of carbonyl (C=O) groups excluding carboxylic acids is 3. The van der Waals surface area contributed by atoms with Crippen molar-refractivity contribution in [2.24, 2.45) is 0 Å². The fourth-order valence-corrected chi connectivity index (χ4v) is 2.83. The Kier molecular flexibility index (Phi) is 4.47. The smallest absolute Gasteiger partial charge is 0.322 e. The van der Waals surface area contributed by atoms with Crippen LogP contribution in [-0.4, -0.2) is 17.8 Å². The number of rotatable bonds is 5. The summed E-state index contributed by atoms with van der Waals surface area (Å²) in [5.41, 5.74) is -0.368. The lowest BCUT2D eigenvalue weighted by Crippen LogP contribution is -2.44. The second kappa shape index (κ2) is 6.72. The van der Waals surface area contributed by atoms with Crippen LogP contribution < -0.4 is 16.0 Å². The summed E-state index contributed by atoms with van der Waals surface area (Å²) in [5.74, 6) is -1.34. The minimum atomic E-state index is -1.29. The Bertz CT molecular complexity index is 825. The van der Waals surface area contributed by atoms with Crippen LogP contribution in [0, 0.1) is 5.82 Å². The molecule has 1 aliphatic rings. The number of carbonyl (C=O) groups is 3. The fraction of sp³-hybridized carbons (Fsp3) is 0.167. The SMILES string of the molecule is O=C(CCC1(c2ccccc2)NC(=O)NC1=O)Nc1cccc(F)c1. The molecular weight excluding hydrogens is 325 g/mol. The maximum atomic E-state index is 13.2. The summed E-state index contributed by atoms with van der Waals surface area (Å²) in [6.07, 6.45) is 0.0504. The minimum absolute atomic E-state index is 0.0287. The van der Waals surface area contributed by atoms with E-state index in [1.165, 1.54) is 18.2 Å². The zero-order valence-electron chi connectivity index (χ0n) is 13.2. The van der Waals surface area contributed by atoms with Crippen molar-refractivity contribution in [3.63, 3.8) is 0 Å². The summed E-state index contributed by atoms with van der Waals surface area (Å²) in [6.45, 7) is 0. The topological polar surface area (TPSA) is 87.3 Å². The van der Waals surface area contributed by atoms with Crippen LogP contribution >= 0.6 is 0 Å². The van der Waals surface area contributed by atoms with E-state index in [2.05, 4.69) is 16.0 Å². The number of nitrogens with one attached hydrogen (secondary N) is 3. The number of halogens is 1. The zero-order chi connectivity index (χ0) is 17.9. The maximum Gasteiger partial charge on any atom is 0.322 e. The van der Waals surface area contributed by atoms with Gasteiger partial charge >= 0.3 is 6.03 Å². The maximum absolute atomic E-state index is 13.2. The van der Waals surface area contributed by atoms with E-state index in [9.17, 15) is 18.8 Å². The summed E-state index contributed by atoms with van der Waals surface area (Å²) in [7, 11) is 0. The van der Waals surface area contributed by atoms with Crippen molar-refractivity contribution >= 4 is 23.5 Å². The first kappa shape index (κ1) is 16.6. The van der Waals surface area contributed by atoms with Gasteiger partial charge in [-0.1, -0.05) is 36.4 Å². The molecule has 6 nitrogen and oxygen atoms in total. The minimum Gasteiger partial charge on any atom is -0.326 e. The van der Waals surface area contributed by atoms with Crippen LogP contribution in [0.15, 0.2) is 54.6 Å². The van der Waals surface area contributed by atoms with Crippen molar-refractivity contribution in [3.05, 3.63) is 66.0 Å². The summed E-state index contributed by atoms with van der Waals surface area (Å²) >= 11 is 0. The van der Waals surface area contributed by atoms with Gasteiger partial charge in [-0.05, 0) is 30.2 Å². The molecule has 25 heavy (non-hydrogen) atoms. The first-order valence-corrected chi connectivity index (χ1v) is 7.74. The lowest BCUT2D eigenvalue weighted by atomic mass is 9.85. The van der Waals surface area contributed by atoms with Gasteiger partial charge in [-0.3, -0.25) is 14.9 Å². The molecule has 0 aromatic heterocycles. The molecule has 3 N–H and O–H groups in total. The fourth-order valence-electron chi connectivity index (χ4n) is 2.83. The number of urea groups is 1. The summed E-state index contributed by atoms with van der Waals surface area (Å²) in [4.78, 5) is 36.1. The third-order valence-electron chi connectivity index (χ3n) is 4.04. The Balaban J connectivity index is 1.75. The van der Waals surface area contributed by atoms with E-state index in [1.807, 2.05) is 0 Å². The highest BCUT2D eigenvalue weighted by molar-refractivity contribution is 6.07. The van der Waals surface area contributed by atoms with E-state index in [0.717, 1.165) is 0 Å². The molecule has 2 aromatic carbocycles. The molecule has 0 spiro atoms. The Morgan fingerprint density at radius 2 is 1.84 bits per heavy atom. The van der Waals surface area contributed by atoms with E-state index in [4.69, 9.17) is 0 Å². The van der Waals surface area contributed by atoms with Gasteiger partial charge in [-0.2, -0.15) is 0 Å². The second-order valence-corrected chi connectivity index (χ2v) is 5.74. The first-order chi connectivity index (χ1) is 12.0. The van der Waals surface area contributed by atoms with Gasteiger partial charge in [0.05, 0.1) is 0 Å². The quantitative estimate of drug-likeness (QED) is 0.729. The summed E-state index contributed by atoms with van der Waals surface area (Å²) in [6, 6.07) is 13.7. The third-order valence-corrected chi connectivity index (χ3v) is 4.04. The number of hydrogen-bond donors (Lipinski definition) is 3. The van der Waals surface area contributed by atoms with Crippen molar-refractivity contribution < 1.29 is 18.8 Å². The molecule has 1 aliphatic heterocycles. The van der Waals surface area contributed by atoms with E-state index in [0.29, 0.717) is 11.3 Å². The van der Waals surface area contributed by atoms with Crippen LogP contribution in [0.1, 0.15) is 18.4 Å². The van der Waals surface area contributed by atoms with E-state index < -0.39 is 23.3 Å². The molecule has 1 heterocycles. The monoisotopic (exact) mass is 341 g/mol. The Morgan fingerprint density at radius 3 is 2.48 bits per heavy atom. The lowest BCUT2D eigenvalue weighted by molar-refractivity contribution is -0.125. The van der Waals surface area contributed by atoms with Crippen LogP contribution in [0.2, 0.25) is 0 Å². The Labute approximate surface area is 143 Å². The molecule has 0 aliphatic carbocycles. The van der Waals surface area contributed by atoms with Crippen LogP contribution in [0.3, 0.4) is 0 Å². The van der Waals surface area contributed by atoms with Crippen molar-refractivity contribution in [1.82, 2.24) is 10.6 Å². The number of amides is 4. The third kappa shape index (κ3) is 3.50. The molecule has 1 atom stereocenters. The van der Waals surface area contributed by atoms with Gasteiger partial charge in [0.1, 0.15) is 11.4 Å². The first-order valence-electron chi connectivity index (χ1n) is 7.74. The predicted octanol–water partition coefficient (Wildman–Crippen LogP) is 2.28. The molecule has 2 aromatic rings. The average molecular weight is 341 g/mol. The number of benzene rings is 2. The van der Waals surface area contributed by atoms with Gasteiger partial charge in [-0.25, -0.2) is 9.18 Å². The van der Waals surface area contributed by atoms with Crippen LogP contribution in [-0.2, 0) is 15.1 Å². The lowest BCUT2D eigenvalue weighted by Gasteiger charge is -2.26. The number of imide groups is 1. The van der Waals surface area contributed by atoms with Crippen LogP contribution in [0.25, 0.3) is 0 Å². The van der Waals surface area contributed by atoms with E-state index in [1.54, 1.807) is 36.4 Å². The molecule has 128 valence electrons. The highest BCUT2D eigenvalue weighted by Gasteiger charge is 2.47. The normalized spacial score (nSPS) is 19.2. The van der Waals surface area contributed by atoms with Crippen molar-refractivity contribution in [3.8, 4) is 0 Å². The second-order valence-electron chi connectivity index (χ2n) is 5.74. The number of hydrogen-bond acceptors (Lipinski definition) is 3. The molecule has 4 amide bonds. The van der Waals surface area contributed by atoms with Gasteiger partial charge in [-0.15, -0.1) is 0 Å². The van der Waals surface area contributed by atoms with Gasteiger partial charge < -0.3 is 10.6 Å². The molecule has 7 heteroatoms. The highest BCUT2D eigenvalue weighted by atomic mass is 19.1. The zero-order valence-corrected chi connectivity index (χ0v) is 13.2. The molecule has 1 saturated heterocycles. The largest absolute Gasteiger partial charge is 0.326 e. The van der Waals surface area contributed by atoms with E-state index in [-0.39, 0.29) is 18.7 Å². The van der Waals surface area contributed by atoms with Gasteiger partial charge in [0.2, 0.25) is 5.91 Å². The highest BCUT2D eigenvalue weighted by Crippen LogP contribution is 2.30. The van der Waals surface area contributed by atoms with Crippen molar-refractivity contribution in [2.45, 2.75) is 18.4 Å². The molecule has 0 radical (unpaired) electrons. The van der Waals surface area contributed by atoms with E-state index >= 15 is 0 Å². The summed E-state index contributed by atoms with van der Waals surface area (Å²) in [5, 5.41) is 7.42. The average Bonchev–Trinajstić information content (AvgIpc) is 2.88.